The second-order valence-corrected chi connectivity index (χ2v) is 4.70. The van der Waals surface area contributed by atoms with Gasteiger partial charge in [0.2, 0.25) is 0 Å². The molecular weight excluding hydrogens is 198 g/mol. The summed E-state index contributed by atoms with van der Waals surface area (Å²) in [5.41, 5.74) is 3.57. The lowest BCUT2D eigenvalue weighted by atomic mass is 10.1. The average molecular weight is 221 g/mol. The van der Waals surface area contributed by atoms with Gasteiger partial charge in [-0.2, -0.15) is 0 Å². The fourth-order valence-corrected chi connectivity index (χ4v) is 1.83. The van der Waals surface area contributed by atoms with E-state index in [9.17, 15) is 0 Å². The second-order valence-electron chi connectivity index (χ2n) is 4.70. The van der Waals surface area contributed by atoms with Crippen molar-refractivity contribution in [3.05, 3.63) is 23.3 Å². The summed E-state index contributed by atoms with van der Waals surface area (Å²) in [6, 6.07) is 4.23. The molecule has 90 valence electrons. The molecule has 1 rings (SSSR count). The molecule has 0 bridgehead atoms. The van der Waals surface area contributed by atoms with E-state index in [0.29, 0.717) is 0 Å². The number of methoxy groups -OCH3 is 1. The topological polar surface area (TPSA) is 21.3 Å². The predicted molar refractivity (Wildman–Crippen MR) is 70.4 cm³/mol. The minimum absolute atomic E-state index is 0.736. The van der Waals surface area contributed by atoms with Gasteiger partial charge in [-0.25, -0.2) is 0 Å². The van der Waals surface area contributed by atoms with E-state index >= 15 is 0 Å². The first-order valence-electron chi connectivity index (χ1n) is 5.94. The molecule has 0 aliphatic heterocycles. The van der Waals surface area contributed by atoms with E-state index in [0.717, 1.165) is 18.2 Å². The van der Waals surface area contributed by atoms with Crippen LogP contribution in [0.4, 0.5) is 5.69 Å². The third kappa shape index (κ3) is 3.16. The van der Waals surface area contributed by atoms with Crippen molar-refractivity contribution in [1.82, 2.24) is 0 Å². The first-order chi connectivity index (χ1) is 7.56. The SMILES string of the molecule is COc1c(C)ccc(NCCC(C)C)c1C. The molecule has 0 saturated carbocycles. The zero-order valence-corrected chi connectivity index (χ0v) is 11.1. The standard InChI is InChI=1S/C14H23NO/c1-10(2)8-9-15-13-7-6-11(3)14(16-5)12(13)4/h6-7,10,15H,8-9H2,1-5H3. The van der Waals surface area contributed by atoms with Crippen LogP contribution in [-0.2, 0) is 0 Å². The Kier molecular flexibility index (Phi) is 4.66. The molecule has 0 aliphatic rings. The number of ether oxygens (including phenoxy) is 1. The van der Waals surface area contributed by atoms with Gasteiger partial charge in [0.15, 0.2) is 0 Å². The third-order valence-corrected chi connectivity index (χ3v) is 2.84. The van der Waals surface area contributed by atoms with E-state index in [1.807, 2.05) is 0 Å². The molecule has 1 aromatic rings. The monoisotopic (exact) mass is 221 g/mol. The van der Waals surface area contributed by atoms with Gasteiger partial charge < -0.3 is 10.1 Å². The van der Waals surface area contributed by atoms with E-state index < -0.39 is 0 Å². The molecule has 0 aliphatic carbocycles. The van der Waals surface area contributed by atoms with Gasteiger partial charge in [0, 0.05) is 17.8 Å². The molecule has 0 unspecified atom stereocenters. The van der Waals surface area contributed by atoms with Crippen LogP contribution in [0.25, 0.3) is 0 Å². The second kappa shape index (κ2) is 5.78. The Labute approximate surface area is 99.0 Å². The number of anilines is 1. The smallest absolute Gasteiger partial charge is 0.126 e. The maximum absolute atomic E-state index is 5.40. The highest BCUT2D eigenvalue weighted by Crippen LogP contribution is 2.29. The van der Waals surface area contributed by atoms with Crippen molar-refractivity contribution in [3.63, 3.8) is 0 Å². The van der Waals surface area contributed by atoms with Crippen LogP contribution in [0.5, 0.6) is 5.75 Å². The van der Waals surface area contributed by atoms with Crippen LogP contribution in [0.15, 0.2) is 12.1 Å². The van der Waals surface area contributed by atoms with Gasteiger partial charge in [-0.05, 0) is 37.8 Å². The fourth-order valence-electron chi connectivity index (χ4n) is 1.83. The molecule has 0 aromatic heterocycles. The number of aryl methyl sites for hydroxylation is 1. The highest BCUT2D eigenvalue weighted by Gasteiger charge is 2.07. The molecule has 0 atom stereocenters. The Balaban J connectivity index is 2.74. The molecule has 1 aromatic carbocycles. The van der Waals surface area contributed by atoms with Crippen LogP contribution in [0.2, 0.25) is 0 Å². The van der Waals surface area contributed by atoms with Crippen molar-refractivity contribution in [2.75, 3.05) is 19.0 Å². The molecule has 0 heterocycles. The Morgan fingerprint density at radius 3 is 2.50 bits per heavy atom. The summed E-state index contributed by atoms with van der Waals surface area (Å²) < 4.78 is 5.40. The minimum Gasteiger partial charge on any atom is -0.496 e. The molecule has 1 N–H and O–H groups in total. The lowest BCUT2D eigenvalue weighted by molar-refractivity contribution is 0.409. The normalized spacial score (nSPS) is 10.6. The summed E-state index contributed by atoms with van der Waals surface area (Å²) >= 11 is 0. The molecule has 0 radical (unpaired) electrons. The summed E-state index contributed by atoms with van der Waals surface area (Å²) in [5, 5.41) is 3.47. The molecule has 0 fully saturated rings. The van der Waals surface area contributed by atoms with Gasteiger partial charge in [-0.15, -0.1) is 0 Å². The highest BCUT2D eigenvalue weighted by molar-refractivity contribution is 5.59. The van der Waals surface area contributed by atoms with Gasteiger partial charge in [-0.3, -0.25) is 0 Å². The van der Waals surface area contributed by atoms with E-state index in [-0.39, 0.29) is 0 Å². The zero-order chi connectivity index (χ0) is 12.1. The largest absolute Gasteiger partial charge is 0.496 e. The Morgan fingerprint density at radius 2 is 1.94 bits per heavy atom. The molecular formula is C14H23NO. The first kappa shape index (κ1) is 12.9. The van der Waals surface area contributed by atoms with Crippen LogP contribution in [-0.4, -0.2) is 13.7 Å². The molecule has 16 heavy (non-hydrogen) atoms. The Hall–Kier alpha value is -1.18. The average Bonchev–Trinajstić information content (AvgIpc) is 2.22. The third-order valence-electron chi connectivity index (χ3n) is 2.84. The summed E-state index contributed by atoms with van der Waals surface area (Å²) in [7, 11) is 1.73. The van der Waals surface area contributed by atoms with E-state index in [1.165, 1.54) is 23.2 Å². The fraction of sp³-hybridized carbons (Fsp3) is 0.571. The number of rotatable bonds is 5. The summed E-state index contributed by atoms with van der Waals surface area (Å²) in [5.74, 6) is 1.73. The van der Waals surface area contributed by atoms with Crippen molar-refractivity contribution in [3.8, 4) is 5.75 Å². The van der Waals surface area contributed by atoms with E-state index in [1.54, 1.807) is 7.11 Å². The molecule has 2 heteroatoms. The number of nitrogens with one attached hydrogen (secondary N) is 1. The molecule has 0 saturated heterocycles. The zero-order valence-electron chi connectivity index (χ0n) is 11.1. The molecule has 2 nitrogen and oxygen atoms in total. The summed E-state index contributed by atoms with van der Waals surface area (Å²) in [6.45, 7) is 9.67. The minimum atomic E-state index is 0.736. The van der Waals surface area contributed by atoms with Gasteiger partial charge >= 0.3 is 0 Å². The Bertz CT molecular complexity index is 345. The van der Waals surface area contributed by atoms with Crippen LogP contribution in [0.3, 0.4) is 0 Å². The maximum Gasteiger partial charge on any atom is 0.126 e. The van der Waals surface area contributed by atoms with Gasteiger partial charge in [-0.1, -0.05) is 19.9 Å². The first-order valence-corrected chi connectivity index (χ1v) is 5.94. The van der Waals surface area contributed by atoms with Crippen LogP contribution >= 0.6 is 0 Å². The van der Waals surface area contributed by atoms with Crippen LogP contribution in [0, 0.1) is 19.8 Å². The molecule has 0 spiro atoms. The van der Waals surface area contributed by atoms with Crippen molar-refractivity contribution in [2.45, 2.75) is 34.1 Å². The molecule has 0 amide bonds. The summed E-state index contributed by atoms with van der Waals surface area (Å²) in [6.07, 6.45) is 1.19. The number of benzene rings is 1. The Morgan fingerprint density at radius 1 is 1.25 bits per heavy atom. The number of hydrogen-bond donors (Lipinski definition) is 1. The lowest BCUT2D eigenvalue weighted by Crippen LogP contribution is -2.06. The number of hydrogen-bond acceptors (Lipinski definition) is 2. The van der Waals surface area contributed by atoms with Gasteiger partial charge in [0.1, 0.15) is 5.75 Å². The van der Waals surface area contributed by atoms with Gasteiger partial charge in [0.05, 0.1) is 7.11 Å². The maximum atomic E-state index is 5.40. The van der Waals surface area contributed by atoms with Crippen LogP contribution in [0.1, 0.15) is 31.4 Å². The quantitative estimate of drug-likeness (QED) is 0.817. The van der Waals surface area contributed by atoms with Crippen molar-refractivity contribution in [2.24, 2.45) is 5.92 Å². The summed E-state index contributed by atoms with van der Waals surface area (Å²) in [4.78, 5) is 0. The van der Waals surface area contributed by atoms with Crippen LogP contribution < -0.4 is 10.1 Å². The predicted octanol–water partition coefficient (Wildman–Crippen LogP) is 3.77. The van der Waals surface area contributed by atoms with Crippen molar-refractivity contribution < 1.29 is 4.74 Å². The van der Waals surface area contributed by atoms with E-state index in [4.69, 9.17) is 4.74 Å². The van der Waals surface area contributed by atoms with Gasteiger partial charge in [0.25, 0.3) is 0 Å². The van der Waals surface area contributed by atoms with Crippen molar-refractivity contribution >= 4 is 5.69 Å². The van der Waals surface area contributed by atoms with Crippen molar-refractivity contribution in [1.29, 1.82) is 0 Å². The van der Waals surface area contributed by atoms with E-state index in [2.05, 4.69) is 45.1 Å². The highest BCUT2D eigenvalue weighted by atomic mass is 16.5. The lowest BCUT2D eigenvalue weighted by Gasteiger charge is -2.15.